The van der Waals surface area contributed by atoms with Gasteiger partial charge in [-0.1, -0.05) is 0 Å². The molecule has 1 heterocycles. The second-order valence-electron chi connectivity index (χ2n) is 4.39. The minimum absolute atomic E-state index is 0.304. The van der Waals surface area contributed by atoms with Crippen molar-refractivity contribution in [3.63, 3.8) is 0 Å². The quantitative estimate of drug-likeness (QED) is 0.175. The third-order valence-electron chi connectivity index (χ3n) is 2.78. The number of hydrogen-bond acceptors (Lipinski definition) is 8. The first kappa shape index (κ1) is 27.4. The molecule has 1 aliphatic heterocycles. The Morgan fingerprint density at radius 1 is 1.22 bits per heavy atom. The normalized spacial score (nSPS) is 17.6. The van der Waals surface area contributed by atoms with Gasteiger partial charge in [0.2, 0.25) is 0 Å². The third-order valence-corrected chi connectivity index (χ3v) is 2.78. The maximum atomic E-state index is 5.74. The molecule has 8 nitrogen and oxygen atoms in total. The van der Waals surface area contributed by atoms with Crippen LogP contribution in [0, 0.1) is 0 Å². The van der Waals surface area contributed by atoms with E-state index in [-0.39, 0.29) is 6.10 Å². The zero-order valence-electron chi connectivity index (χ0n) is 16.7. The summed E-state index contributed by atoms with van der Waals surface area (Å²) in [5, 5.41) is 0. The lowest BCUT2D eigenvalue weighted by molar-refractivity contribution is -0.270. The monoisotopic (exact) mass is 390 g/mol. The molecule has 0 saturated heterocycles. The standard InChI is InChI=1S/C15H26O8.2C2H4/c1-4-6-20-21-9-7-17-11-14(18-5-2)15-13(16-3)12-23-22-10-8-19-15;2*1-2/h4,6,12,14-15H,5,7-11H2,1-3H3;2*1-2H2/b6-4+,13-12?;;. The van der Waals surface area contributed by atoms with Gasteiger partial charge in [-0.05, 0) is 19.9 Å². The first-order valence-corrected chi connectivity index (χ1v) is 8.56. The zero-order chi connectivity index (χ0) is 20.8. The summed E-state index contributed by atoms with van der Waals surface area (Å²) in [6.45, 7) is 17.9. The Hall–Kier alpha value is -1.84. The Bertz CT molecular complexity index is 371. The number of hydrogen-bond donors (Lipinski definition) is 0. The van der Waals surface area contributed by atoms with Gasteiger partial charge < -0.3 is 28.7 Å². The Kier molecular flexibility index (Phi) is 22.5. The minimum Gasteiger partial charge on any atom is -0.495 e. The van der Waals surface area contributed by atoms with Gasteiger partial charge in [-0.2, -0.15) is 9.78 Å². The summed E-state index contributed by atoms with van der Waals surface area (Å²) >= 11 is 0. The lowest BCUT2D eigenvalue weighted by atomic mass is 10.1. The van der Waals surface area contributed by atoms with E-state index in [1.165, 1.54) is 19.6 Å². The molecule has 0 radical (unpaired) electrons. The van der Waals surface area contributed by atoms with Crippen molar-refractivity contribution < 1.29 is 38.5 Å². The highest BCUT2D eigenvalue weighted by molar-refractivity contribution is 5.01. The van der Waals surface area contributed by atoms with Crippen LogP contribution in [0.25, 0.3) is 0 Å². The van der Waals surface area contributed by atoms with Gasteiger partial charge >= 0.3 is 0 Å². The van der Waals surface area contributed by atoms with Crippen LogP contribution in [0.4, 0.5) is 0 Å². The summed E-state index contributed by atoms with van der Waals surface area (Å²) in [4.78, 5) is 19.4. The summed E-state index contributed by atoms with van der Waals surface area (Å²) in [6, 6.07) is 0. The molecular formula is C19H34O8. The molecule has 0 bridgehead atoms. The highest BCUT2D eigenvalue weighted by Gasteiger charge is 2.29. The topological polar surface area (TPSA) is 73.8 Å². The Morgan fingerprint density at radius 2 is 1.96 bits per heavy atom. The molecule has 27 heavy (non-hydrogen) atoms. The molecule has 0 aromatic carbocycles. The molecule has 2 unspecified atom stereocenters. The molecule has 0 spiro atoms. The second kappa shape index (κ2) is 22.2. The van der Waals surface area contributed by atoms with Crippen LogP contribution in [0.3, 0.4) is 0 Å². The van der Waals surface area contributed by atoms with E-state index in [0.717, 1.165) is 0 Å². The lowest BCUT2D eigenvalue weighted by Gasteiger charge is -2.28. The molecule has 0 saturated carbocycles. The van der Waals surface area contributed by atoms with Gasteiger partial charge in [0.25, 0.3) is 0 Å². The van der Waals surface area contributed by atoms with Gasteiger partial charge in [-0.3, -0.25) is 0 Å². The van der Waals surface area contributed by atoms with Crippen LogP contribution in [0.15, 0.2) is 50.7 Å². The number of allylic oxidation sites excluding steroid dienone is 1. The van der Waals surface area contributed by atoms with Gasteiger partial charge in [-0.25, -0.2) is 0 Å². The molecule has 8 heteroatoms. The Balaban J connectivity index is 0. The molecule has 0 amide bonds. The Morgan fingerprint density at radius 3 is 2.59 bits per heavy atom. The van der Waals surface area contributed by atoms with Crippen LogP contribution in [-0.4, -0.2) is 59.0 Å². The summed E-state index contributed by atoms with van der Waals surface area (Å²) in [5.74, 6) is 0.472. The summed E-state index contributed by atoms with van der Waals surface area (Å²) in [7, 11) is 1.53. The largest absolute Gasteiger partial charge is 0.495 e. The van der Waals surface area contributed by atoms with Crippen LogP contribution in [0.5, 0.6) is 0 Å². The predicted octanol–water partition coefficient (Wildman–Crippen LogP) is 3.33. The van der Waals surface area contributed by atoms with E-state index >= 15 is 0 Å². The van der Waals surface area contributed by atoms with Crippen LogP contribution in [0.1, 0.15) is 13.8 Å². The predicted molar refractivity (Wildman–Crippen MR) is 102 cm³/mol. The average molecular weight is 390 g/mol. The molecule has 0 aromatic heterocycles. The van der Waals surface area contributed by atoms with Crippen molar-refractivity contribution in [1.82, 2.24) is 0 Å². The molecule has 0 aliphatic carbocycles. The van der Waals surface area contributed by atoms with E-state index < -0.39 is 6.10 Å². The van der Waals surface area contributed by atoms with E-state index in [2.05, 4.69) is 26.3 Å². The van der Waals surface area contributed by atoms with Crippen molar-refractivity contribution in [1.29, 1.82) is 0 Å². The van der Waals surface area contributed by atoms with Crippen molar-refractivity contribution >= 4 is 0 Å². The average Bonchev–Trinajstić information content (AvgIpc) is 2.70. The second-order valence-corrected chi connectivity index (χ2v) is 4.39. The molecule has 0 N–H and O–H groups in total. The first-order chi connectivity index (χ1) is 13.3. The van der Waals surface area contributed by atoms with E-state index in [4.69, 9.17) is 38.5 Å². The third kappa shape index (κ3) is 14.0. The van der Waals surface area contributed by atoms with E-state index in [1.807, 2.05) is 13.8 Å². The van der Waals surface area contributed by atoms with E-state index in [0.29, 0.717) is 45.4 Å². The first-order valence-electron chi connectivity index (χ1n) is 8.56. The van der Waals surface area contributed by atoms with E-state index in [9.17, 15) is 0 Å². The molecule has 0 aromatic rings. The highest BCUT2D eigenvalue weighted by Crippen LogP contribution is 2.18. The SMILES string of the molecule is C/C=C/OOCCOCC(OCC)C1OCCOOC=C1OC.C=C.C=C. The van der Waals surface area contributed by atoms with Gasteiger partial charge in [0, 0.05) is 6.61 Å². The number of rotatable bonds is 11. The van der Waals surface area contributed by atoms with Crippen molar-refractivity contribution in [2.75, 3.05) is 46.8 Å². The smallest absolute Gasteiger partial charge is 0.170 e. The van der Waals surface area contributed by atoms with Crippen molar-refractivity contribution in [3.8, 4) is 0 Å². The number of methoxy groups -OCH3 is 1. The number of ether oxygens (including phenoxy) is 4. The van der Waals surface area contributed by atoms with Gasteiger partial charge in [-0.15, -0.1) is 26.3 Å². The van der Waals surface area contributed by atoms with Gasteiger partial charge in [0.1, 0.15) is 31.7 Å². The summed E-state index contributed by atoms with van der Waals surface area (Å²) < 4.78 is 22.3. The minimum atomic E-state index is -0.441. The van der Waals surface area contributed by atoms with Crippen molar-refractivity contribution in [2.45, 2.75) is 26.1 Å². The van der Waals surface area contributed by atoms with Crippen LogP contribution >= 0.6 is 0 Å². The molecule has 2 atom stereocenters. The van der Waals surface area contributed by atoms with Gasteiger partial charge in [0.15, 0.2) is 12.0 Å². The van der Waals surface area contributed by atoms with E-state index in [1.54, 1.807) is 6.08 Å². The Labute approximate surface area is 162 Å². The summed E-state index contributed by atoms with van der Waals surface area (Å²) in [5.41, 5.74) is 0. The van der Waals surface area contributed by atoms with Crippen LogP contribution in [0.2, 0.25) is 0 Å². The molecular weight excluding hydrogens is 356 g/mol. The highest BCUT2D eigenvalue weighted by atomic mass is 17.2. The van der Waals surface area contributed by atoms with Crippen LogP contribution in [-0.2, 0) is 38.5 Å². The zero-order valence-corrected chi connectivity index (χ0v) is 16.7. The van der Waals surface area contributed by atoms with Gasteiger partial charge in [0.05, 0.1) is 26.9 Å². The fourth-order valence-electron chi connectivity index (χ4n) is 1.82. The fraction of sp³-hybridized carbons (Fsp3) is 0.579. The van der Waals surface area contributed by atoms with Crippen molar-refractivity contribution in [3.05, 3.63) is 50.7 Å². The summed E-state index contributed by atoms with van der Waals surface area (Å²) in [6.07, 6.45) is 3.75. The lowest BCUT2D eigenvalue weighted by Crippen LogP contribution is -2.39. The maximum absolute atomic E-state index is 5.74. The van der Waals surface area contributed by atoms with Crippen LogP contribution < -0.4 is 0 Å². The molecule has 1 rings (SSSR count). The molecule has 158 valence electrons. The molecule has 0 fully saturated rings. The molecule has 1 aliphatic rings. The fourth-order valence-corrected chi connectivity index (χ4v) is 1.82. The maximum Gasteiger partial charge on any atom is 0.170 e. The van der Waals surface area contributed by atoms with Crippen molar-refractivity contribution in [2.24, 2.45) is 0 Å².